The van der Waals surface area contributed by atoms with E-state index in [4.69, 9.17) is 9.84 Å². The van der Waals surface area contributed by atoms with E-state index >= 15 is 0 Å². The number of nitrogens with one attached hydrogen (secondary N) is 1. The van der Waals surface area contributed by atoms with Crippen molar-refractivity contribution in [2.45, 2.75) is 25.4 Å². The Hall–Kier alpha value is -2.94. The number of carbonyl (C=O) groups is 2. The van der Waals surface area contributed by atoms with E-state index in [0.29, 0.717) is 31.8 Å². The molecule has 26 heavy (non-hydrogen) atoms. The SMILES string of the molecule is O=C1N[C@H](Cc2cn(CCO)nn2)C(=O)N1CCCOc1ccccc1. The van der Waals surface area contributed by atoms with Crippen LogP contribution in [0.25, 0.3) is 0 Å². The number of hydrogen-bond donors (Lipinski definition) is 2. The molecule has 1 aromatic heterocycles. The summed E-state index contributed by atoms with van der Waals surface area (Å²) < 4.78 is 7.07. The Bertz CT molecular complexity index is 749. The van der Waals surface area contributed by atoms with E-state index in [0.717, 1.165) is 5.75 Å². The van der Waals surface area contributed by atoms with Gasteiger partial charge in [-0.3, -0.25) is 9.69 Å². The van der Waals surface area contributed by atoms with Crippen molar-refractivity contribution in [1.82, 2.24) is 25.2 Å². The Morgan fingerprint density at radius 1 is 1.19 bits per heavy atom. The van der Waals surface area contributed by atoms with Gasteiger partial charge in [-0.2, -0.15) is 0 Å². The molecule has 1 aromatic carbocycles. The van der Waals surface area contributed by atoms with Crippen LogP contribution < -0.4 is 10.1 Å². The summed E-state index contributed by atoms with van der Waals surface area (Å²) in [5.41, 5.74) is 0.589. The van der Waals surface area contributed by atoms with Crippen LogP contribution in [-0.2, 0) is 17.8 Å². The topological polar surface area (TPSA) is 110 Å². The Morgan fingerprint density at radius 2 is 2.00 bits per heavy atom. The van der Waals surface area contributed by atoms with Gasteiger partial charge in [0.2, 0.25) is 0 Å². The maximum Gasteiger partial charge on any atom is 0.324 e. The summed E-state index contributed by atoms with van der Waals surface area (Å²) in [5, 5.41) is 19.4. The van der Waals surface area contributed by atoms with Crippen LogP contribution in [0, 0.1) is 0 Å². The molecule has 2 heterocycles. The third-order valence-corrected chi connectivity index (χ3v) is 3.97. The van der Waals surface area contributed by atoms with Crippen molar-refractivity contribution >= 4 is 11.9 Å². The zero-order valence-electron chi connectivity index (χ0n) is 14.2. The van der Waals surface area contributed by atoms with Crippen molar-refractivity contribution in [2.75, 3.05) is 19.8 Å². The van der Waals surface area contributed by atoms with Crippen molar-refractivity contribution in [1.29, 1.82) is 0 Å². The number of nitrogens with zero attached hydrogens (tertiary/aromatic N) is 4. The summed E-state index contributed by atoms with van der Waals surface area (Å²) in [4.78, 5) is 25.7. The van der Waals surface area contributed by atoms with Crippen LogP contribution in [0.4, 0.5) is 4.79 Å². The minimum atomic E-state index is -0.642. The number of aliphatic hydroxyl groups is 1. The van der Waals surface area contributed by atoms with Crippen LogP contribution in [0.2, 0.25) is 0 Å². The number of benzene rings is 1. The molecular formula is C17H21N5O4. The number of carbonyl (C=O) groups excluding carboxylic acids is 2. The molecule has 1 fully saturated rings. The second-order valence-electron chi connectivity index (χ2n) is 5.91. The van der Waals surface area contributed by atoms with E-state index in [1.54, 1.807) is 6.20 Å². The Morgan fingerprint density at radius 3 is 2.77 bits per heavy atom. The van der Waals surface area contributed by atoms with E-state index in [-0.39, 0.29) is 18.9 Å². The summed E-state index contributed by atoms with van der Waals surface area (Å²) in [6.45, 7) is 1.01. The van der Waals surface area contributed by atoms with Gasteiger partial charge in [0.05, 0.1) is 25.5 Å². The highest BCUT2D eigenvalue weighted by Gasteiger charge is 2.37. The molecule has 1 aliphatic heterocycles. The maximum atomic E-state index is 12.4. The predicted molar refractivity (Wildman–Crippen MR) is 91.4 cm³/mol. The fraction of sp³-hybridized carbons (Fsp3) is 0.412. The molecule has 0 bridgehead atoms. The Labute approximate surface area is 150 Å². The molecule has 2 aromatic rings. The molecule has 1 atom stereocenters. The van der Waals surface area contributed by atoms with Crippen molar-refractivity contribution in [3.05, 3.63) is 42.2 Å². The molecule has 138 valence electrons. The smallest absolute Gasteiger partial charge is 0.324 e. The predicted octanol–water partition coefficient (Wildman–Crippen LogP) is 0.202. The van der Waals surface area contributed by atoms with Gasteiger partial charge in [0, 0.05) is 19.2 Å². The minimum Gasteiger partial charge on any atom is -0.494 e. The lowest BCUT2D eigenvalue weighted by Gasteiger charge is -2.13. The highest BCUT2D eigenvalue weighted by atomic mass is 16.5. The average Bonchev–Trinajstić information content (AvgIpc) is 3.19. The van der Waals surface area contributed by atoms with E-state index in [2.05, 4.69) is 15.6 Å². The summed E-state index contributed by atoms with van der Waals surface area (Å²) in [6.07, 6.45) is 2.48. The van der Waals surface area contributed by atoms with Crippen LogP contribution in [-0.4, -0.2) is 62.7 Å². The molecule has 1 saturated heterocycles. The number of imide groups is 1. The van der Waals surface area contributed by atoms with Gasteiger partial charge in [0.15, 0.2) is 0 Å². The molecule has 9 nitrogen and oxygen atoms in total. The first-order chi connectivity index (χ1) is 12.7. The molecule has 0 radical (unpaired) electrons. The van der Waals surface area contributed by atoms with Gasteiger partial charge in [0.1, 0.15) is 11.8 Å². The lowest BCUT2D eigenvalue weighted by atomic mass is 10.1. The molecule has 0 aliphatic carbocycles. The van der Waals surface area contributed by atoms with Crippen molar-refractivity contribution in [2.24, 2.45) is 0 Å². The first-order valence-corrected chi connectivity index (χ1v) is 8.47. The summed E-state index contributed by atoms with van der Waals surface area (Å²) in [5.74, 6) is 0.486. The number of aliphatic hydroxyl groups excluding tert-OH is 1. The molecular weight excluding hydrogens is 338 g/mol. The molecule has 0 spiro atoms. The van der Waals surface area contributed by atoms with Crippen LogP contribution in [0.5, 0.6) is 5.75 Å². The van der Waals surface area contributed by atoms with Crippen LogP contribution >= 0.6 is 0 Å². The Balaban J connectivity index is 1.47. The first-order valence-electron chi connectivity index (χ1n) is 8.47. The Kier molecular flexibility index (Phi) is 5.80. The van der Waals surface area contributed by atoms with Crippen LogP contribution in [0.3, 0.4) is 0 Å². The van der Waals surface area contributed by atoms with Gasteiger partial charge in [-0.15, -0.1) is 5.10 Å². The van der Waals surface area contributed by atoms with Gasteiger partial charge in [0.25, 0.3) is 5.91 Å². The van der Waals surface area contributed by atoms with Crippen molar-refractivity contribution in [3.63, 3.8) is 0 Å². The molecule has 0 saturated carbocycles. The fourth-order valence-corrected chi connectivity index (χ4v) is 2.71. The third kappa shape index (κ3) is 4.37. The molecule has 1 aliphatic rings. The second kappa shape index (κ2) is 8.43. The van der Waals surface area contributed by atoms with Crippen molar-refractivity contribution < 1.29 is 19.4 Å². The standard InChI is InChI=1S/C17H21N5O4/c23-9-8-21-12-13(19-20-21)11-15-16(24)22(17(25)18-15)7-4-10-26-14-5-2-1-3-6-14/h1-3,5-6,12,15,23H,4,7-11H2,(H,18,25)/t15-/m1/s1. The molecule has 3 amide bonds. The van der Waals surface area contributed by atoms with Gasteiger partial charge in [-0.05, 0) is 18.6 Å². The van der Waals surface area contributed by atoms with E-state index < -0.39 is 12.1 Å². The maximum absolute atomic E-state index is 12.4. The third-order valence-electron chi connectivity index (χ3n) is 3.97. The van der Waals surface area contributed by atoms with E-state index in [9.17, 15) is 9.59 Å². The molecule has 0 unspecified atom stereocenters. The summed E-state index contributed by atoms with van der Waals surface area (Å²) in [7, 11) is 0. The number of amides is 3. The zero-order chi connectivity index (χ0) is 18.4. The van der Waals surface area contributed by atoms with Crippen LogP contribution in [0.1, 0.15) is 12.1 Å². The van der Waals surface area contributed by atoms with Crippen molar-refractivity contribution in [3.8, 4) is 5.75 Å². The molecule has 3 rings (SSSR count). The number of para-hydroxylation sites is 1. The normalized spacial score (nSPS) is 16.8. The highest BCUT2D eigenvalue weighted by Crippen LogP contribution is 2.12. The summed E-state index contributed by atoms with van der Waals surface area (Å²) >= 11 is 0. The van der Waals surface area contributed by atoms with Crippen LogP contribution in [0.15, 0.2) is 36.5 Å². The lowest BCUT2D eigenvalue weighted by Crippen LogP contribution is -2.33. The summed E-state index contributed by atoms with van der Waals surface area (Å²) in [6, 6.07) is 8.34. The average molecular weight is 359 g/mol. The van der Waals surface area contributed by atoms with E-state index in [1.807, 2.05) is 30.3 Å². The van der Waals surface area contributed by atoms with Gasteiger partial charge in [-0.1, -0.05) is 23.4 Å². The quantitative estimate of drug-likeness (QED) is 0.489. The fourth-order valence-electron chi connectivity index (χ4n) is 2.71. The molecule has 9 heteroatoms. The lowest BCUT2D eigenvalue weighted by molar-refractivity contribution is -0.127. The minimum absolute atomic E-state index is 0.0409. The zero-order valence-corrected chi connectivity index (χ0v) is 14.2. The van der Waals surface area contributed by atoms with Gasteiger partial charge in [-0.25, -0.2) is 9.48 Å². The second-order valence-corrected chi connectivity index (χ2v) is 5.91. The van der Waals surface area contributed by atoms with Gasteiger partial charge >= 0.3 is 6.03 Å². The number of ether oxygens (including phenoxy) is 1. The largest absolute Gasteiger partial charge is 0.494 e. The first kappa shape index (κ1) is 17.9. The highest BCUT2D eigenvalue weighted by molar-refractivity contribution is 6.04. The number of rotatable bonds is 9. The number of aromatic nitrogens is 3. The number of urea groups is 1. The van der Waals surface area contributed by atoms with E-state index in [1.165, 1.54) is 9.58 Å². The van der Waals surface area contributed by atoms with Gasteiger partial charge < -0.3 is 15.2 Å². The monoisotopic (exact) mass is 359 g/mol. The number of hydrogen-bond acceptors (Lipinski definition) is 6. The molecule has 2 N–H and O–H groups in total.